The fourth-order valence-electron chi connectivity index (χ4n) is 2.30. The molecule has 2 N–H and O–H groups in total. The number of aromatic nitrogens is 1. The molecule has 0 saturated heterocycles. The minimum absolute atomic E-state index is 0.183. The molecular weight excluding hydrogens is 378 g/mol. The van der Waals surface area contributed by atoms with E-state index in [1.54, 1.807) is 12.3 Å². The number of carbonyl (C=O) groups is 1. The van der Waals surface area contributed by atoms with E-state index in [0.29, 0.717) is 12.1 Å². The first-order chi connectivity index (χ1) is 12.1. The molecule has 126 valence electrons. The predicted octanol–water partition coefficient (Wildman–Crippen LogP) is 5.02. The number of hydrogen-bond acceptors (Lipinski definition) is 3. The van der Waals surface area contributed by atoms with Crippen LogP contribution >= 0.6 is 15.9 Å². The molecule has 0 radical (unpaired) electrons. The average molecular weight is 396 g/mol. The zero-order chi connectivity index (χ0) is 17.6. The summed E-state index contributed by atoms with van der Waals surface area (Å²) >= 11 is 3.47. The van der Waals surface area contributed by atoms with Crippen LogP contribution in [-0.4, -0.2) is 10.9 Å². The van der Waals surface area contributed by atoms with Crippen LogP contribution in [0.2, 0.25) is 0 Å². The molecule has 3 rings (SSSR count). The molecule has 0 spiro atoms. The maximum atomic E-state index is 12.3. The fourth-order valence-corrected chi connectivity index (χ4v) is 2.67. The second-order valence-corrected chi connectivity index (χ2v) is 6.54. The van der Waals surface area contributed by atoms with Gasteiger partial charge in [0.25, 0.3) is 5.91 Å². The van der Waals surface area contributed by atoms with Crippen molar-refractivity contribution in [3.8, 4) is 0 Å². The van der Waals surface area contributed by atoms with E-state index < -0.39 is 0 Å². The van der Waals surface area contributed by atoms with Crippen LogP contribution in [0.5, 0.6) is 0 Å². The minimum atomic E-state index is -0.183. The van der Waals surface area contributed by atoms with Gasteiger partial charge in [-0.2, -0.15) is 0 Å². The molecule has 0 aliphatic heterocycles. The lowest BCUT2D eigenvalue weighted by Crippen LogP contribution is -2.12. The molecule has 0 unspecified atom stereocenters. The summed E-state index contributed by atoms with van der Waals surface area (Å²) in [4.78, 5) is 16.6. The Morgan fingerprint density at radius 3 is 2.56 bits per heavy atom. The summed E-state index contributed by atoms with van der Waals surface area (Å²) in [6.45, 7) is 2.69. The van der Waals surface area contributed by atoms with Crippen LogP contribution in [0.4, 0.5) is 11.5 Å². The minimum Gasteiger partial charge on any atom is -0.366 e. The topological polar surface area (TPSA) is 54.0 Å². The summed E-state index contributed by atoms with van der Waals surface area (Å²) < 4.78 is 0.962. The van der Waals surface area contributed by atoms with Gasteiger partial charge in [0.1, 0.15) is 5.82 Å². The summed E-state index contributed by atoms with van der Waals surface area (Å²) in [5.74, 6) is 0.552. The number of hydrogen-bond donors (Lipinski definition) is 2. The third-order valence-corrected chi connectivity index (χ3v) is 4.63. The highest BCUT2D eigenvalue weighted by molar-refractivity contribution is 9.10. The molecule has 4 nitrogen and oxygen atoms in total. The quantitative estimate of drug-likeness (QED) is 0.637. The summed E-state index contributed by atoms with van der Waals surface area (Å²) in [6, 6.07) is 19.4. The molecule has 25 heavy (non-hydrogen) atoms. The normalized spacial score (nSPS) is 10.3. The maximum absolute atomic E-state index is 12.3. The number of benzene rings is 2. The van der Waals surface area contributed by atoms with Gasteiger partial charge in [-0.05, 0) is 42.3 Å². The average Bonchev–Trinajstić information content (AvgIpc) is 2.64. The molecule has 3 aromatic rings. The lowest BCUT2D eigenvalue weighted by atomic mass is 10.2. The maximum Gasteiger partial charge on any atom is 0.257 e. The third-order valence-electron chi connectivity index (χ3n) is 3.77. The SMILES string of the molecule is Cc1ccc(NC(=O)c2ccc(NCc3ccccc3)nc2)cc1Br. The van der Waals surface area contributed by atoms with Crippen molar-refractivity contribution in [1.29, 1.82) is 0 Å². The first-order valence-electron chi connectivity index (χ1n) is 7.93. The number of anilines is 2. The highest BCUT2D eigenvalue weighted by atomic mass is 79.9. The van der Waals surface area contributed by atoms with Gasteiger partial charge >= 0.3 is 0 Å². The Bertz CT molecular complexity index is 864. The van der Waals surface area contributed by atoms with Crippen molar-refractivity contribution in [2.75, 3.05) is 10.6 Å². The zero-order valence-corrected chi connectivity index (χ0v) is 15.4. The number of rotatable bonds is 5. The second-order valence-electron chi connectivity index (χ2n) is 5.69. The highest BCUT2D eigenvalue weighted by Crippen LogP contribution is 2.21. The summed E-state index contributed by atoms with van der Waals surface area (Å²) in [5, 5.41) is 6.12. The lowest BCUT2D eigenvalue weighted by molar-refractivity contribution is 0.102. The number of carbonyl (C=O) groups excluding carboxylic acids is 1. The van der Waals surface area contributed by atoms with Gasteiger partial charge in [0.2, 0.25) is 0 Å². The molecule has 1 aromatic heterocycles. The van der Waals surface area contributed by atoms with Crippen molar-refractivity contribution < 1.29 is 4.79 Å². The first-order valence-corrected chi connectivity index (χ1v) is 8.72. The zero-order valence-electron chi connectivity index (χ0n) is 13.8. The number of halogens is 1. The molecule has 0 bridgehead atoms. The molecule has 2 aromatic carbocycles. The van der Waals surface area contributed by atoms with Gasteiger partial charge in [-0.25, -0.2) is 4.98 Å². The Labute approximate surface area is 155 Å². The van der Waals surface area contributed by atoms with Crippen LogP contribution in [0.25, 0.3) is 0 Å². The van der Waals surface area contributed by atoms with Gasteiger partial charge in [0.05, 0.1) is 5.56 Å². The fraction of sp³-hybridized carbons (Fsp3) is 0.100. The smallest absolute Gasteiger partial charge is 0.257 e. The predicted molar refractivity (Wildman–Crippen MR) is 105 cm³/mol. The van der Waals surface area contributed by atoms with Crippen LogP contribution < -0.4 is 10.6 Å². The van der Waals surface area contributed by atoms with E-state index in [4.69, 9.17) is 0 Å². The Morgan fingerprint density at radius 1 is 1.08 bits per heavy atom. The Morgan fingerprint density at radius 2 is 1.88 bits per heavy atom. The molecule has 0 atom stereocenters. The van der Waals surface area contributed by atoms with E-state index in [-0.39, 0.29) is 5.91 Å². The van der Waals surface area contributed by atoms with Crippen LogP contribution in [0.3, 0.4) is 0 Å². The monoisotopic (exact) mass is 395 g/mol. The highest BCUT2D eigenvalue weighted by Gasteiger charge is 2.07. The lowest BCUT2D eigenvalue weighted by Gasteiger charge is -2.08. The van der Waals surface area contributed by atoms with Crippen LogP contribution in [-0.2, 0) is 6.54 Å². The molecule has 1 heterocycles. The second kappa shape index (κ2) is 7.94. The molecule has 5 heteroatoms. The standard InChI is InChI=1S/C20H18BrN3O/c1-14-7-9-17(11-18(14)21)24-20(25)16-8-10-19(23-13-16)22-12-15-5-3-2-4-6-15/h2-11,13H,12H2,1H3,(H,22,23)(H,24,25). The summed E-state index contributed by atoms with van der Waals surface area (Å²) in [6.07, 6.45) is 1.58. The number of aryl methyl sites for hydroxylation is 1. The molecule has 0 aliphatic rings. The Hall–Kier alpha value is -2.66. The Balaban J connectivity index is 1.61. The number of amides is 1. The van der Waals surface area contributed by atoms with Crippen molar-refractivity contribution in [3.63, 3.8) is 0 Å². The van der Waals surface area contributed by atoms with Crippen LogP contribution in [0, 0.1) is 6.92 Å². The van der Waals surface area contributed by atoms with Crippen LogP contribution in [0.1, 0.15) is 21.5 Å². The van der Waals surface area contributed by atoms with E-state index in [2.05, 4.69) is 43.7 Å². The van der Waals surface area contributed by atoms with Gasteiger partial charge in [-0.15, -0.1) is 0 Å². The van der Waals surface area contributed by atoms with E-state index in [1.165, 1.54) is 5.56 Å². The van der Waals surface area contributed by atoms with E-state index in [1.807, 2.05) is 49.4 Å². The third kappa shape index (κ3) is 4.67. The summed E-state index contributed by atoms with van der Waals surface area (Å²) in [7, 11) is 0. The number of nitrogens with zero attached hydrogens (tertiary/aromatic N) is 1. The van der Waals surface area contributed by atoms with Gasteiger partial charge < -0.3 is 10.6 Å². The molecule has 0 saturated carbocycles. The molecule has 0 aliphatic carbocycles. The van der Waals surface area contributed by atoms with Crippen molar-refractivity contribution in [2.45, 2.75) is 13.5 Å². The van der Waals surface area contributed by atoms with E-state index in [0.717, 1.165) is 21.5 Å². The van der Waals surface area contributed by atoms with E-state index in [9.17, 15) is 4.79 Å². The Kier molecular flexibility index (Phi) is 5.46. The molecular formula is C20H18BrN3O. The first kappa shape index (κ1) is 17.2. The van der Waals surface area contributed by atoms with E-state index >= 15 is 0 Å². The largest absolute Gasteiger partial charge is 0.366 e. The van der Waals surface area contributed by atoms with Gasteiger partial charge in [-0.1, -0.05) is 52.3 Å². The van der Waals surface area contributed by atoms with Gasteiger partial charge in [-0.3, -0.25) is 4.79 Å². The van der Waals surface area contributed by atoms with Crippen LogP contribution in [0.15, 0.2) is 71.3 Å². The molecule has 0 fully saturated rings. The van der Waals surface area contributed by atoms with Gasteiger partial charge in [0, 0.05) is 22.9 Å². The van der Waals surface area contributed by atoms with Gasteiger partial charge in [0.15, 0.2) is 0 Å². The number of nitrogens with one attached hydrogen (secondary N) is 2. The number of pyridine rings is 1. The molecule has 1 amide bonds. The van der Waals surface area contributed by atoms with Crippen molar-refractivity contribution >= 4 is 33.3 Å². The van der Waals surface area contributed by atoms with Crippen molar-refractivity contribution in [2.24, 2.45) is 0 Å². The van der Waals surface area contributed by atoms with Crippen molar-refractivity contribution in [1.82, 2.24) is 4.98 Å². The summed E-state index contributed by atoms with van der Waals surface area (Å²) in [5.41, 5.74) is 3.56. The van der Waals surface area contributed by atoms with Crippen molar-refractivity contribution in [3.05, 3.63) is 88.0 Å².